The van der Waals surface area contributed by atoms with E-state index in [9.17, 15) is 9.36 Å². The normalized spacial score (nSPS) is 19.4. The van der Waals surface area contributed by atoms with Crippen LogP contribution in [0.5, 0.6) is 0 Å². The lowest BCUT2D eigenvalue weighted by molar-refractivity contribution is -0.120. The summed E-state index contributed by atoms with van der Waals surface area (Å²) in [6.07, 6.45) is 8.76. The maximum Gasteiger partial charge on any atom is 0.469 e. The van der Waals surface area contributed by atoms with Crippen molar-refractivity contribution in [1.29, 1.82) is 0 Å². The van der Waals surface area contributed by atoms with Crippen LogP contribution < -0.4 is 5.32 Å². The van der Waals surface area contributed by atoms with E-state index in [1.165, 1.54) is 44.1 Å². The molecule has 1 fully saturated rings. The molecule has 0 aromatic heterocycles. The van der Waals surface area contributed by atoms with Crippen LogP contribution in [0.3, 0.4) is 0 Å². The summed E-state index contributed by atoms with van der Waals surface area (Å²) in [6.45, 7) is 2.50. The minimum atomic E-state index is -4.51. The van der Waals surface area contributed by atoms with E-state index in [4.69, 9.17) is 9.79 Å². The zero-order valence-corrected chi connectivity index (χ0v) is 18.2. The van der Waals surface area contributed by atoms with Gasteiger partial charge in [0.1, 0.15) is 0 Å². The highest BCUT2D eigenvalue weighted by Gasteiger charge is 2.33. The summed E-state index contributed by atoms with van der Waals surface area (Å²) in [6, 6.07) is 7.78. The molecule has 0 amide bonds. The van der Waals surface area contributed by atoms with E-state index in [1.54, 1.807) is 0 Å². The molecule has 8 heteroatoms. The van der Waals surface area contributed by atoms with Crippen molar-refractivity contribution in [2.75, 3.05) is 6.54 Å². The Bertz CT molecular complexity index is 634. The van der Waals surface area contributed by atoms with Crippen LogP contribution in [0.1, 0.15) is 63.0 Å². The van der Waals surface area contributed by atoms with E-state index >= 15 is 0 Å². The second kappa shape index (κ2) is 12.7. The SMILES string of the molecule is CCCCCCCCc1ccc(CC(=O)[C@H]2C[C@H](OP(=O)(O)O)CN2)cc1.Cl. The monoisotopic (exact) mass is 433 g/mol. The second-order valence-corrected chi connectivity index (χ2v) is 8.58. The molecule has 1 aliphatic heterocycles. The van der Waals surface area contributed by atoms with Crippen LogP contribution in [-0.2, 0) is 26.7 Å². The molecule has 160 valence electrons. The van der Waals surface area contributed by atoms with Crippen molar-refractivity contribution in [1.82, 2.24) is 5.32 Å². The molecular weight excluding hydrogens is 401 g/mol. The number of hydrogen-bond donors (Lipinski definition) is 3. The smallest absolute Gasteiger partial charge is 0.305 e. The Balaban J connectivity index is 0.00000392. The van der Waals surface area contributed by atoms with Crippen LogP contribution >= 0.6 is 20.2 Å². The lowest BCUT2D eigenvalue weighted by atomic mass is 9.99. The zero-order chi connectivity index (χ0) is 19.7. The topological polar surface area (TPSA) is 95.9 Å². The molecule has 1 heterocycles. The Kier molecular flexibility index (Phi) is 11.5. The molecule has 2 rings (SSSR count). The quantitative estimate of drug-likeness (QED) is 0.341. The van der Waals surface area contributed by atoms with Crippen molar-refractivity contribution < 1.29 is 23.7 Å². The minimum Gasteiger partial charge on any atom is -0.305 e. The fraction of sp³-hybridized carbons (Fsp3) is 0.650. The summed E-state index contributed by atoms with van der Waals surface area (Å²) in [4.78, 5) is 30.1. The molecule has 3 N–H and O–H groups in total. The first-order chi connectivity index (χ1) is 12.9. The van der Waals surface area contributed by atoms with Gasteiger partial charge in [-0.1, -0.05) is 63.3 Å². The Morgan fingerprint density at radius 1 is 1.11 bits per heavy atom. The van der Waals surface area contributed by atoms with Gasteiger partial charge in [0, 0.05) is 13.0 Å². The number of phosphoric acid groups is 1. The van der Waals surface area contributed by atoms with Crippen molar-refractivity contribution in [2.24, 2.45) is 0 Å². The van der Waals surface area contributed by atoms with E-state index in [0.717, 1.165) is 12.0 Å². The summed E-state index contributed by atoms with van der Waals surface area (Å²) in [5, 5.41) is 2.99. The van der Waals surface area contributed by atoms with Gasteiger partial charge in [0.2, 0.25) is 0 Å². The molecule has 0 spiro atoms. The van der Waals surface area contributed by atoms with Crippen LogP contribution in [-0.4, -0.2) is 34.3 Å². The number of ketones is 1. The average Bonchev–Trinajstić information content (AvgIpc) is 3.06. The van der Waals surface area contributed by atoms with E-state index in [0.29, 0.717) is 12.8 Å². The number of halogens is 1. The van der Waals surface area contributed by atoms with Crippen molar-refractivity contribution in [3.63, 3.8) is 0 Å². The number of hydrogen-bond acceptors (Lipinski definition) is 4. The van der Waals surface area contributed by atoms with Crippen LogP contribution in [0.25, 0.3) is 0 Å². The van der Waals surface area contributed by atoms with Gasteiger partial charge in [0.15, 0.2) is 5.78 Å². The third-order valence-electron chi connectivity index (χ3n) is 4.99. The van der Waals surface area contributed by atoms with Gasteiger partial charge in [0.05, 0.1) is 12.1 Å². The van der Waals surface area contributed by atoms with Crippen molar-refractivity contribution in [3.05, 3.63) is 35.4 Å². The Morgan fingerprint density at radius 3 is 2.36 bits per heavy atom. The second-order valence-electron chi connectivity index (χ2n) is 7.39. The van der Waals surface area contributed by atoms with E-state index in [1.807, 2.05) is 12.1 Å². The van der Waals surface area contributed by atoms with E-state index < -0.39 is 20.0 Å². The molecular formula is C20H33ClNO5P. The van der Waals surface area contributed by atoms with Crippen molar-refractivity contribution in [3.8, 4) is 0 Å². The van der Waals surface area contributed by atoms with Gasteiger partial charge in [-0.3, -0.25) is 9.32 Å². The standard InChI is InChI=1S/C20H32NO5P.ClH/c1-2-3-4-5-6-7-8-16-9-11-17(12-10-16)13-20(22)19-14-18(15-21-19)26-27(23,24)25;/h9-12,18-19,21H,2-8,13-15H2,1H3,(H2,23,24,25);1H/t18-,19+;/m0./s1. The largest absolute Gasteiger partial charge is 0.469 e. The van der Waals surface area contributed by atoms with Crippen LogP contribution in [0, 0.1) is 0 Å². The molecule has 28 heavy (non-hydrogen) atoms. The number of nitrogens with one attached hydrogen (secondary N) is 1. The number of carbonyl (C=O) groups is 1. The molecule has 1 aliphatic rings. The summed E-state index contributed by atoms with van der Waals surface area (Å²) < 4.78 is 15.6. The predicted molar refractivity (Wildman–Crippen MR) is 113 cm³/mol. The Morgan fingerprint density at radius 2 is 1.71 bits per heavy atom. The third-order valence-corrected chi connectivity index (χ3v) is 5.56. The molecule has 1 aromatic rings. The van der Waals surface area contributed by atoms with Gasteiger partial charge in [0.25, 0.3) is 0 Å². The minimum absolute atomic E-state index is 0. The maximum absolute atomic E-state index is 12.4. The summed E-state index contributed by atoms with van der Waals surface area (Å²) >= 11 is 0. The van der Waals surface area contributed by atoms with Gasteiger partial charge in [-0.2, -0.15) is 0 Å². The fourth-order valence-electron chi connectivity index (χ4n) is 3.48. The summed E-state index contributed by atoms with van der Waals surface area (Å²) in [5.74, 6) is 0.0236. The first kappa shape index (κ1) is 25.3. The first-order valence-electron chi connectivity index (χ1n) is 9.95. The molecule has 0 unspecified atom stereocenters. The van der Waals surface area contributed by atoms with E-state index in [2.05, 4.69) is 28.9 Å². The molecule has 1 aromatic carbocycles. The van der Waals surface area contributed by atoms with Gasteiger partial charge < -0.3 is 15.1 Å². The molecule has 1 saturated heterocycles. The molecule has 0 aliphatic carbocycles. The number of aryl methyl sites for hydroxylation is 1. The lowest BCUT2D eigenvalue weighted by Gasteiger charge is -2.12. The van der Waals surface area contributed by atoms with Gasteiger partial charge in [-0.25, -0.2) is 4.57 Å². The molecule has 2 atom stereocenters. The number of carbonyl (C=O) groups excluding carboxylic acids is 1. The molecule has 0 saturated carbocycles. The molecule has 0 bridgehead atoms. The predicted octanol–water partition coefficient (Wildman–Crippen LogP) is 3.96. The summed E-state index contributed by atoms with van der Waals surface area (Å²) in [7, 11) is -4.51. The number of rotatable bonds is 12. The van der Waals surface area contributed by atoms with Gasteiger partial charge in [-0.05, 0) is 30.4 Å². The lowest BCUT2D eigenvalue weighted by Crippen LogP contribution is -2.31. The number of phosphoric ester groups is 1. The summed E-state index contributed by atoms with van der Waals surface area (Å²) in [5.41, 5.74) is 2.27. The first-order valence-corrected chi connectivity index (χ1v) is 11.5. The third kappa shape index (κ3) is 9.64. The Hall–Kier alpha value is -0.750. The Labute approximate surface area is 174 Å². The number of benzene rings is 1. The fourth-order valence-corrected chi connectivity index (χ4v) is 4.03. The zero-order valence-electron chi connectivity index (χ0n) is 16.5. The van der Waals surface area contributed by atoms with Crippen molar-refractivity contribution in [2.45, 2.75) is 76.9 Å². The number of unbranched alkanes of at least 4 members (excludes halogenated alkanes) is 5. The number of Topliss-reactive ketones (excluding diaryl/α,β-unsaturated/α-hetero) is 1. The van der Waals surface area contributed by atoms with Crippen LogP contribution in [0.15, 0.2) is 24.3 Å². The molecule has 6 nitrogen and oxygen atoms in total. The maximum atomic E-state index is 12.4. The van der Waals surface area contributed by atoms with E-state index in [-0.39, 0.29) is 24.7 Å². The van der Waals surface area contributed by atoms with Crippen LogP contribution in [0.4, 0.5) is 0 Å². The van der Waals surface area contributed by atoms with Gasteiger partial charge >= 0.3 is 7.82 Å². The molecule has 0 radical (unpaired) electrons. The highest BCUT2D eigenvalue weighted by atomic mass is 35.5. The highest BCUT2D eigenvalue weighted by Crippen LogP contribution is 2.39. The van der Waals surface area contributed by atoms with Crippen LogP contribution in [0.2, 0.25) is 0 Å². The average molecular weight is 434 g/mol. The van der Waals surface area contributed by atoms with Gasteiger partial charge in [-0.15, -0.1) is 12.4 Å². The highest BCUT2D eigenvalue weighted by molar-refractivity contribution is 7.46. The van der Waals surface area contributed by atoms with Crippen molar-refractivity contribution >= 4 is 26.0 Å².